The van der Waals surface area contributed by atoms with Gasteiger partial charge in [-0.05, 0) is 0 Å². The fraction of sp³-hybridized carbons (Fsp3) is 0.169. The second-order valence-electron chi connectivity index (χ2n) is 19.9. The van der Waals surface area contributed by atoms with Gasteiger partial charge in [-0.25, -0.2) is 0 Å². The Balaban J connectivity index is 1.08. The molecule has 6 atom stereocenters. The molecule has 6 unspecified atom stereocenters. The molecule has 75 heavy (non-hydrogen) atoms. The molecule has 0 aliphatic heterocycles. The Bertz CT molecular complexity index is 2930. The normalized spacial score (nSPS) is 15.4. The fourth-order valence-electron chi connectivity index (χ4n) is 11.7. The average Bonchev–Trinajstić information content (AvgIpc) is 3.44. The Morgan fingerprint density at radius 2 is 0.560 bits per heavy atom. The van der Waals surface area contributed by atoms with Gasteiger partial charge in [0.25, 0.3) is 10.1 Å². The predicted octanol–water partition coefficient (Wildman–Crippen LogP) is 9.52. The molecule has 9 rings (SSSR count). The Morgan fingerprint density at radius 3 is 0.787 bits per heavy atom. The summed E-state index contributed by atoms with van der Waals surface area (Å²) in [7, 11) is -9.93. The van der Waals surface area contributed by atoms with Crippen LogP contribution in [0.2, 0.25) is 0 Å². The standard InChI is InChI=1S/C65H66O7P2S/c1-47(66)61(51-37-33-49(34-38-51)45-73(54-21-9-3-10-22-54,55-23-11-4-12-24-55)56-25-13-5-14-26-56)64(68)63(53-41-43-60(44-42-53)75(70,71)72)65(69)62(48(2)67)52-39-35-50(36-40-52)46-74(57-27-15-6-16-28-57,58-29-17-7-18-30-58)59-31-19-8-20-32-59/h3-44,47-48,61-69,73-74H,45-46H2,1-2H3,(H,70,71,72). The van der Waals surface area contributed by atoms with Crippen molar-refractivity contribution in [3.05, 3.63) is 283 Å². The van der Waals surface area contributed by atoms with Crippen molar-refractivity contribution >= 4 is 56.5 Å². The molecule has 0 saturated heterocycles. The van der Waals surface area contributed by atoms with E-state index < -0.39 is 66.8 Å². The molecule has 0 spiro atoms. The molecule has 0 radical (unpaired) electrons. The Morgan fingerprint density at radius 1 is 0.333 bits per heavy atom. The molecule has 0 heterocycles. The summed E-state index contributed by atoms with van der Waals surface area (Å²) in [6, 6.07) is 85.4. The zero-order chi connectivity index (χ0) is 52.6. The SMILES string of the molecule is CC(O)C(c1ccc(C[PH](c2ccccc2)(c2ccccc2)c2ccccc2)cc1)C(O)C(c1ccc(S(=O)(=O)O)cc1)C(O)C(c1ccc(C[PH](c2ccccc2)(c2ccccc2)c2ccccc2)cc1)C(C)O. The first-order chi connectivity index (χ1) is 36.3. The number of aliphatic hydroxyl groups excluding tert-OH is 4. The van der Waals surface area contributed by atoms with E-state index in [-0.39, 0.29) is 4.90 Å². The van der Waals surface area contributed by atoms with Crippen molar-refractivity contribution in [1.29, 1.82) is 0 Å². The van der Waals surface area contributed by atoms with Crippen molar-refractivity contribution < 1.29 is 33.4 Å². The zero-order valence-electron chi connectivity index (χ0n) is 42.2. The van der Waals surface area contributed by atoms with Crippen LogP contribution >= 0.6 is 14.5 Å². The summed E-state index contributed by atoms with van der Waals surface area (Å²) in [5.74, 6) is -3.05. The van der Waals surface area contributed by atoms with Gasteiger partial charge in [-0.2, -0.15) is 8.42 Å². The van der Waals surface area contributed by atoms with E-state index in [4.69, 9.17) is 0 Å². The predicted molar refractivity (Wildman–Crippen MR) is 313 cm³/mol. The van der Waals surface area contributed by atoms with Gasteiger partial charge in [-0.15, -0.1) is 0 Å². The van der Waals surface area contributed by atoms with E-state index in [1.807, 2.05) is 60.7 Å². The maximum absolute atomic E-state index is 12.9. The van der Waals surface area contributed by atoms with Crippen molar-refractivity contribution in [2.24, 2.45) is 0 Å². The summed E-state index contributed by atoms with van der Waals surface area (Å²) in [5, 5.41) is 56.8. The van der Waals surface area contributed by atoms with Crippen LogP contribution in [0.15, 0.2) is 260 Å². The molecule has 9 aromatic carbocycles. The molecule has 0 bridgehead atoms. The van der Waals surface area contributed by atoms with Gasteiger partial charge in [-0.1, -0.05) is 0 Å². The van der Waals surface area contributed by atoms with Crippen molar-refractivity contribution in [2.75, 3.05) is 0 Å². The van der Waals surface area contributed by atoms with E-state index >= 15 is 0 Å². The Kier molecular flexibility index (Phi) is 16.8. The molecule has 0 amide bonds. The van der Waals surface area contributed by atoms with Crippen LogP contribution in [-0.4, -0.2) is 57.8 Å². The molecule has 10 heteroatoms. The average molecular weight is 1050 g/mol. The fourth-order valence-corrected chi connectivity index (χ4v) is 21.7. The third-order valence-corrected chi connectivity index (χ3v) is 26.0. The third kappa shape index (κ3) is 11.4. The van der Waals surface area contributed by atoms with Gasteiger partial charge >= 0.3 is 423 Å². The van der Waals surface area contributed by atoms with Crippen LogP contribution in [0.25, 0.3) is 0 Å². The first-order valence-electron chi connectivity index (χ1n) is 25.6. The monoisotopic (exact) mass is 1050 g/mol. The summed E-state index contributed by atoms with van der Waals surface area (Å²) >= 11 is 0. The quantitative estimate of drug-likeness (QED) is 0.0379. The molecule has 0 fully saturated rings. The first kappa shape index (κ1) is 53.4. The van der Waals surface area contributed by atoms with Crippen molar-refractivity contribution in [1.82, 2.24) is 0 Å². The molecular formula is C65H66O7P2S. The zero-order valence-corrected chi connectivity index (χ0v) is 45.0. The molecule has 0 aliphatic rings. The van der Waals surface area contributed by atoms with Gasteiger partial charge in [0.1, 0.15) is 0 Å². The van der Waals surface area contributed by atoms with Crippen LogP contribution in [0, 0.1) is 0 Å². The summed E-state index contributed by atoms with van der Waals surface area (Å²) in [4.78, 5) is -0.346. The molecular weight excluding hydrogens is 987 g/mol. The second kappa shape index (κ2) is 23.6. The van der Waals surface area contributed by atoms with E-state index in [1.54, 1.807) is 13.8 Å². The van der Waals surface area contributed by atoms with Crippen molar-refractivity contribution in [3.63, 3.8) is 0 Å². The van der Waals surface area contributed by atoms with Crippen LogP contribution in [0.5, 0.6) is 0 Å². The number of hydrogen-bond acceptors (Lipinski definition) is 6. The molecule has 0 aliphatic carbocycles. The summed E-state index contributed by atoms with van der Waals surface area (Å²) in [5.41, 5.74) is 3.79. The van der Waals surface area contributed by atoms with Gasteiger partial charge < -0.3 is 0 Å². The minimum atomic E-state index is -4.57. The summed E-state index contributed by atoms with van der Waals surface area (Å²) in [6.45, 7) is 3.22. The van der Waals surface area contributed by atoms with E-state index in [0.717, 1.165) is 23.5 Å². The summed E-state index contributed by atoms with van der Waals surface area (Å²) in [6.07, 6.45) is -3.67. The van der Waals surface area contributed by atoms with E-state index in [1.165, 1.54) is 56.1 Å². The van der Waals surface area contributed by atoms with Crippen LogP contribution in [0.1, 0.15) is 59.4 Å². The number of hydrogen-bond donors (Lipinski definition) is 5. The number of benzene rings is 9. The van der Waals surface area contributed by atoms with E-state index in [2.05, 4.69) is 170 Å². The molecule has 9 aromatic rings. The van der Waals surface area contributed by atoms with Gasteiger partial charge in [0, 0.05) is 0 Å². The van der Waals surface area contributed by atoms with E-state index in [0.29, 0.717) is 16.7 Å². The van der Waals surface area contributed by atoms with Gasteiger partial charge in [0.2, 0.25) is 0 Å². The number of aliphatic hydroxyl groups is 4. The second-order valence-corrected chi connectivity index (χ2v) is 29.1. The van der Waals surface area contributed by atoms with Crippen molar-refractivity contribution in [3.8, 4) is 0 Å². The molecule has 384 valence electrons. The van der Waals surface area contributed by atoms with Gasteiger partial charge in [0.05, 0.1) is 0 Å². The molecule has 7 nitrogen and oxygen atoms in total. The Labute approximate surface area is 443 Å². The Hall–Kier alpha value is -6.41. The van der Waals surface area contributed by atoms with Crippen LogP contribution < -0.4 is 31.8 Å². The molecule has 5 N–H and O–H groups in total. The minimum absolute atomic E-state index is 0.346. The topological polar surface area (TPSA) is 135 Å². The van der Waals surface area contributed by atoms with Crippen LogP contribution in [-0.2, 0) is 22.4 Å². The van der Waals surface area contributed by atoms with Crippen LogP contribution in [0.4, 0.5) is 0 Å². The maximum atomic E-state index is 12.9. The molecule has 0 saturated carbocycles. The van der Waals surface area contributed by atoms with Crippen molar-refractivity contribution in [2.45, 2.75) is 73.2 Å². The number of rotatable bonds is 20. The van der Waals surface area contributed by atoms with Gasteiger partial charge in [0.15, 0.2) is 0 Å². The third-order valence-electron chi connectivity index (χ3n) is 15.3. The molecule has 0 aromatic heterocycles. The van der Waals surface area contributed by atoms with E-state index in [9.17, 15) is 33.4 Å². The summed E-state index contributed by atoms with van der Waals surface area (Å²) < 4.78 is 34.5. The van der Waals surface area contributed by atoms with Gasteiger partial charge in [-0.3, -0.25) is 4.55 Å². The van der Waals surface area contributed by atoms with Crippen LogP contribution in [0.3, 0.4) is 0 Å². The first-order valence-corrected chi connectivity index (χ1v) is 31.5.